The van der Waals surface area contributed by atoms with Crippen LogP contribution in [0, 0.1) is 10.8 Å². The standard InChI is InChI=1S/C14H18F3N5/c1-8(9-2-4-10(5-3-9)14(15,16)17)20-12(18)22-13(19)21-11-6-7-11/h2-5,8,11H,6-7H2,1H3,(H5,18,19,20,21,22). The van der Waals surface area contributed by atoms with Gasteiger partial charge < -0.3 is 10.6 Å². The van der Waals surface area contributed by atoms with Crippen LogP contribution in [0.15, 0.2) is 24.3 Å². The molecular weight excluding hydrogens is 295 g/mol. The van der Waals surface area contributed by atoms with Gasteiger partial charge in [0.15, 0.2) is 11.9 Å². The molecule has 2 rings (SSSR count). The SMILES string of the molecule is CC(NC(=N)NC(=N)NC1CC1)c1ccc(C(F)(F)F)cc1. The lowest BCUT2D eigenvalue weighted by atomic mass is 10.1. The van der Waals surface area contributed by atoms with Crippen molar-refractivity contribution in [3.8, 4) is 0 Å². The Morgan fingerprint density at radius 2 is 1.73 bits per heavy atom. The molecule has 0 amide bonds. The van der Waals surface area contributed by atoms with Crippen LogP contribution >= 0.6 is 0 Å². The molecule has 0 heterocycles. The molecule has 8 heteroatoms. The monoisotopic (exact) mass is 313 g/mol. The Hall–Kier alpha value is -2.25. The Morgan fingerprint density at radius 1 is 1.14 bits per heavy atom. The van der Waals surface area contributed by atoms with Crippen molar-refractivity contribution in [2.75, 3.05) is 0 Å². The molecule has 1 fully saturated rings. The van der Waals surface area contributed by atoms with Gasteiger partial charge in [-0.05, 0) is 37.5 Å². The number of rotatable bonds is 3. The molecule has 0 bridgehead atoms. The van der Waals surface area contributed by atoms with Crippen molar-refractivity contribution >= 4 is 11.9 Å². The van der Waals surface area contributed by atoms with E-state index in [9.17, 15) is 13.2 Å². The maximum absolute atomic E-state index is 12.5. The molecular formula is C14H18F3N5. The van der Waals surface area contributed by atoms with E-state index in [1.165, 1.54) is 12.1 Å². The molecule has 0 aliphatic heterocycles. The van der Waals surface area contributed by atoms with Gasteiger partial charge in [-0.25, -0.2) is 0 Å². The van der Waals surface area contributed by atoms with Crippen LogP contribution in [0.5, 0.6) is 0 Å². The summed E-state index contributed by atoms with van der Waals surface area (Å²) in [6.07, 6.45) is -2.31. The lowest BCUT2D eigenvalue weighted by Gasteiger charge is -2.18. The third-order valence-corrected chi connectivity index (χ3v) is 3.27. The third kappa shape index (κ3) is 4.64. The summed E-state index contributed by atoms with van der Waals surface area (Å²) in [5.41, 5.74) is -0.0757. The summed E-state index contributed by atoms with van der Waals surface area (Å²) in [5, 5.41) is 23.6. The van der Waals surface area contributed by atoms with Gasteiger partial charge in [0, 0.05) is 6.04 Å². The van der Waals surface area contributed by atoms with Gasteiger partial charge in [-0.2, -0.15) is 13.2 Å². The highest BCUT2D eigenvalue weighted by atomic mass is 19.4. The van der Waals surface area contributed by atoms with Crippen LogP contribution in [0.4, 0.5) is 13.2 Å². The summed E-state index contributed by atoms with van der Waals surface area (Å²) in [4.78, 5) is 0. The number of hydrogen-bond acceptors (Lipinski definition) is 2. The molecule has 1 aromatic carbocycles. The number of halogens is 3. The second-order valence-corrected chi connectivity index (χ2v) is 5.28. The first-order valence-corrected chi connectivity index (χ1v) is 6.90. The minimum atomic E-state index is -4.35. The van der Waals surface area contributed by atoms with Gasteiger partial charge in [0.1, 0.15) is 0 Å². The molecule has 0 radical (unpaired) electrons. The molecule has 0 aromatic heterocycles. The van der Waals surface area contributed by atoms with E-state index in [1.54, 1.807) is 6.92 Å². The summed E-state index contributed by atoms with van der Waals surface area (Å²) in [6.45, 7) is 1.73. The van der Waals surface area contributed by atoms with Crippen molar-refractivity contribution in [2.24, 2.45) is 0 Å². The van der Waals surface area contributed by atoms with Crippen molar-refractivity contribution in [3.63, 3.8) is 0 Å². The quantitative estimate of drug-likeness (QED) is 0.439. The number of benzene rings is 1. The van der Waals surface area contributed by atoms with Crippen molar-refractivity contribution < 1.29 is 13.2 Å². The lowest BCUT2D eigenvalue weighted by Crippen LogP contribution is -2.47. The van der Waals surface area contributed by atoms with Gasteiger partial charge in [0.2, 0.25) is 0 Å². The molecule has 1 unspecified atom stereocenters. The van der Waals surface area contributed by atoms with Crippen LogP contribution in [0.2, 0.25) is 0 Å². The Labute approximate surface area is 126 Å². The predicted molar refractivity (Wildman–Crippen MR) is 77.7 cm³/mol. The van der Waals surface area contributed by atoms with Gasteiger partial charge in [0.05, 0.1) is 11.6 Å². The molecule has 5 N–H and O–H groups in total. The highest BCUT2D eigenvalue weighted by Gasteiger charge is 2.30. The number of hydrogen-bond donors (Lipinski definition) is 5. The number of alkyl halides is 3. The summed E-state index contributed by atoms with van der Waals surface area (Å²) in [5.74, 6) is -0.0369. The topological polar surface area (TPSA) is 83.8 Å². The second kappa shape index (κ2) is 6.25. The average Bonchev–Trinajstić information content (AvgIpc) is 3.21. The maximum Gasteiger partial charge on any atom is 0.416 e. The van der Waals surface area contributed by atoms with Gasteiger partial charge in [-0.1, -0.05) is 12.1 Å². The molecule has 22 heavy (non-hydrogen) atoms. The van der Waals surface area contributed by atoms with Crippen molar-refractivity contribution in [3.05, 3.63) is 35.4 Å². The zero-order chi connectivity index (χ0) is 16.3. The highest BCUT2D eigenvalue weighted by molar-refractivity contribution is 5.96. The lowest BCUT2D eigenvalue weighted by molar-refractivity contribution is -0.137. The van der Waals surface area contributed by atoms with E-state index in [0.717, 1.165) is 25.0 Å². The Morgan fingerprint density at radius 3 is 2.23 bits per heavy atom. The largest absolute Gasteiger partial charge is 0.416 e. The van der Waals surface area contributed by atoms with Crippen LogP contribution in [-0.2, 0) is 6.18 Å². The van der Waals surface area contributed by atoms with E-state index < -0.39 is 11.7 Å². The molecule has 1 aromatic rings. The fourth-order valence-corrected chi connectivity index (χ4v) is 1.89. The van der Waals surface area contributed by atoms with Crippen LogP contribution < -0.4 is 16.0 Å². The maximum atomic E-state index is 12.5. The van der Waals surface area contributed by atoms with E-state index in [4.69, 9.17) is 10.8 Å². The molecule has 1 atom stereocenters. The van der Waals surface area contributed by atoms with E-state index in [2.05, 4.69) is 16.0 Å². The molecule has 1 aliphatic rings. The summed E-state index contributed by atoms with van der Waals surface area (Å²) in [6, 6.07) is 4.74. The van der Waals surface area contributed by atoms with Crippen LogP contribution in [0.3, 0.4) is 0 Å². The van der Waals surface area contributed by atoms with Gasteiger partial charge in [-0.3, -0.25) is 16.1 Å². The van der Waals surface area contributed by atoms with Gasteiger partial charge in [-0.15, -0.1) is 0 Å². The van der Waals surface area contributed by atoms with Crippen molar-refractivity contribution in [1.82, 2.24) is 16.0 Å². The predicted octanol–water partition coefficient (Wildman–Crippen LogP) is 2.57. The number of guanidine groups is 2. The van der Waals surface area contributed by atoms with Gasteiger partial charge in [0.25, 0.3) is 0 Å². The van der Waals surface area contributed by atoms with Crippen LogP contribution in [0.1, 0.15) is 36.9 Å². The van der Waals surface area contributed by atoms with Gasteiger partial charge >= 0.3 is 6.18 Å². The molecule has 1 saturated carbocycles. The Bertz CT molecular complexity index is 549. The first-order valence-electron chi connectivity index (χ1n) is 6.90. The fourth-order valence-electron chi connectivity index (χ4n) is 1.89. The smallest absolute Gasteiger partial charge is 0.353 e. The molecule has 1 aliphatic carbocycles. The molecule has 0 spiro atoms. The molecule has 120 valence electrons. The molecule has 5 nitrogen and oxygen atoms in total. The minimum Gasteiger partial charge on any atom is -0.353 e. The van der Waals surface area contributed by atoms with Crippen LogP contribution in [-0.4, -0.2) is 18.0 Å². The zero-order valence-corrected chi connectivity index (χ0v) is 12.0. The number of nitrogens with one attached hydrogen (secondary N) is 5. The molecule has 0 saturated heterocycles. The minimum absolute atomic E-state index is 0.0413. The second-order valence-electron chi connectivity index (χ2n) is 5.28. The first kappa shape index (κ1) is 16.1. The van der Waals surface area contributed by atoms with Crippen molar-refractivity contribution in [2.45, 2.75) is 38.0 Å². The van der Waals surface area contributed by atoms with E-state index in [-0.39, 0.29) is 18.0 Å². The average molecular weight is 313 g/mol. The van der Waals surface area contributed by atoms with Crippen LogP contribution in [0.25, 0.3) is 0 Å². The van der Waals surface area contributed by atoms with E-state index >= 15 is 0 Å². The third-order valence-electron chi connectivity index (χ3n) is 3.27. The van der Waals surface area contributed by atoms with E-state index in [1.807, 2.05) is 0 Å². The fraction of sp³-hybridized carbons (Fsp3) is 0.429. The van der Waals surface area contributed by atoms with E-state index in [0.29, 0.717) is 11.6 Å². The normalized spacial score (nSPS) is 15.8. The zero-order valence-electron chi connectivity index (χ0n) is 12.0. The highest BCUT2D eigenvalue weighted by Crippen LogP contribution is 2.29. The Balaban J connectivity index is 1.86. The summed E-state index contributed by atoms with van der Waals surface area (Å²) in [7, 11) is 0. The summed E-state index contributed by atoms with van der Waals surface area (Å²) < 4.78 is 37.5. The summed E-state index contributed by atoms with van der Waals surface area (Å²) >= 11 is 0. The first-order chi connectivity index (χ1) is 10.3. The Kier molecular flexibility index (Phi) is 4.58. The van der Waals surface area contributed by atoms with Crippen molar-refractivity contribution in [1.29, 1.82) is 10.8 Å².